The summed E-state index contributed by atoms with van der Waals surface area (Å²) in [6.45, 7) is 3.15. The number of hydrogen-bond donors (Lipinski definition) is 2. The zero-order valence-electron chi connectivity index (χ0n) is 11.3. The van der Waals surface area contributed by atoms with Crippen LogP contribution in [0.15, 0.2) is 35.8 Å². The minimum absolute atomic E-state index is 0.220. The summed E-state index contributed by atoms with van der Waals surface area (Å²) in [5.41, 5.74) is 0.904. The minimum Gasteiger partial charge on any atom is -0.366 e. The molecule has 6 nitrogen and oxygen atoms in total. The Kier molecular flexibility index (Phi) is 4.34. The zero-order chi connectivity index (χ0) is 14.5. The van der Waals surface area contributed by atoms with Crippen LogP contribution in [0.5, 0.6) is 0 Å². The number of carbonyl (C=O) groups is 1. The van der Waals surface area contributed by atoms with Crippen molar-refractivity contribution in [3.05, 3.63) is 57.0 Å². The van der Waals surface area contributed by atoms with Gasteiger partial charge < -0.3 is 10.6 Å². The molecule has 0 unspecified atom stereocenters. The Hall–Kier alpha value is -2.37. The topological polar surface area (TPSA) is 84.3 Å². The van der Waals surface area contributed by atoms with Crippen molar-refractivity contribution < 1.29 is 9.72 Å². The van der Waals surface area contributed by atoms with Gasteiger partial charge in [0.05, 0.1) is 4.92 Å². The van der Waals surface area contributed by atoms with E-state index < -0.39 is 16.4 Å². The first-order chi connectivity index (χ1) is 9.59. The van der Waals surface area contributed by atoms with Crippen molar-refractivity contribution in [3.8, 4) is 0 Å². The maximum atomic E-state index is 12.3. The molecule has 2 rings (SSSR count). The van der Waals surface area contributed by atoms with Gasteiger partial charge >= 0.3 is 5.70 Å². The van der Waals surface area contributed by atoms with Crippen LogP contribution in [0, 0.1) is 17.0 Å². The number of aryl methyl sites for hydroxylation is 1. The number of carbonyl (C=O) groups excluding carboxylic acids is 1. The van der Waals surface area contributed by atoms with E-state index >= 15 is 0 Å². The Bertz CT molecular complexity index is 539. The summed E-state index contributed by atoms with van der Waals surface area (Å²) in [7, 11) is 0. The maximum absolute atomic E-state index is 12.3. The summed E-state index contributed by atoms with van der Waals surface area (Å²) in [5, 5.41) is 17.1. The van der Waals surface area contributed by atoms with E-state index in [4.69, 9.17) is 0 Å². The van der Waals surface area contributed by atoms with Gasteiger partial charge in [-0.3, -0.25) is 14.9 Å². The first kappa shape index (κ1) is 14.0. The van der Waals surface area contributed by atoms with E-state index in [0.717, 1.165) is 18.4 Å². The van der Waals surface area contributed by atoms with Crippen molar-refractivity contribution in [2.45, 2.75) is 19.8 Å². The van der Waals surface area contributed by atoms with Gasteiger partial charge in [0.25, 0.3) is 5.78 Å². The Labute approximate surface area is 117 Å². The Morgan fingerprint density at radius 1 is 1.15 bits per heavy atom. The number of Topliss-reactive ketones (excluding diaryl/α,β-unsaturated/α-hetero) is 1. The van der Waals surface area contributed by atoms with Crippen LogP contribution in [0.25, 0.3) is 0 Å². The van der Waals surface area contributed by atoms with Crippen LogP contribution < -0.4 is 10.6 Å². The Morgan fingerprint density at radius 3 is 2.20 bits per heavy atom. The summed E-state index contributed by atoms with van der Waals surface area (Å²) in [5.74, 6) is -0.357. The van der Waals surface area contributed by atoms with Gasteiger partial charge in [0.15, 0.2) is 5.82 Å². The van der Waals surface area contributed by atoms with Crippen molar-refractivity contribution >= 4 is 5.78 Å². The average Bonchev–Trinajstić information content (AvgIpc) is 2.68. The standard InChI is InChI=1S/C14H17N3O3/c1-10-4-6-11(7-5-10)13(18)12(17(19)20)14-15-8-2-3-9-16-14/h4-7,15-16H,2-3,8-9H2,1H3. The molecule has 0 amide bonds. The molecule has 0 bridgehead atoms. The van der Waals surface area contributed by atoms with E-state index in [1.165, 1.54) is 0 Å². The number of nitrogens with one attached hydrogen (secondary N) is 2. The van der Waals surface area contributed by atoms with Crippen molar-refractivity contribution in [2.24, 2.45) is 0 Å². The molecule has 1 aliphatic rings. The zero-order valence-corrected chi connectivity index (χ0v) is 11.3. The van der Waals surface area contributed by atoms with Gasteiger partial charge in [-0.15, -0.1) is 0 Å². The predicted octanol–water partition coefficient (Wildman–Crippen LogP) is 1.60. The molecule has 0 spiro atoms. The molecule has 1 saturated heterocycles. The normalized spacial score (nSPS) is 14.8. The van der Waals surface area contributed by atoms with Gasteiger partial charge in [0, 0.05) is 18.7 Å². The lowest BCUT2D eigenvalue weighted by atomic mass is 10.1. The lowest BCUT2D eigenvalue weighted by molar-refractivity contribution is -0.418. The van der Waals surface area contributed by atoms with Gasteiger partial charge in [-0.05, 0) is 19.8 Å². The van der Waals surface area contributed by atoms with E-state index in [2.05, 4.69) is 10.6 Å². The molecule has 106 valence electrons. The van der Waals surface area contributed by atoms with Gasteiger partial charge in [0.1, 0.15) is 0 Å². The van der Waals surface area contributed by atoms with E-state index in [1.807, 2.05) is 6.92 Å². The SMILES string of the molecule is Cc1ccc(C(=O)C(=C2NCCCCN2)[N+](=O)[O-])cc1. The number of benzene rings is 1. The van der Waals surface area contributed by atoms with Crippen molar-refractivity contribution in [3.63, 3.8) is 0 Å². The van der Waals surface area contributed by atoms with E-state index in [1.54, 1.807) is 24.3 Å². The predicted molar refractivity (Wildman–Crippen MR) is 74.8 cm³/mol. The minimum atomic E-state index is -0.622. The molecule has 20 heavy (non-hydrogen) atoms. The second-order valence-electron chi connectivity index (χ2n) is 4.74. The van der Waals surface area contributed by atoms with Crippen LogP contribution in [0.2, 0.25) is 0 Å². The molecule has 6 heteroatoms. The van der Waals surface area contributed by atoms with Crippen LogP contribution in [0.3, 0.4) is 0 Å². The molecule has 1 aliphatic heterocycles. The Morgan fingerprint density at radius 2 is 1.70 bits per heavy atom. The number of hydrogen-bond acceptors (Lipinski definition) is 5. The van der Waals surface area contributed by atoms with Crippen molar-refractivity contribution in [2.75, 3.05) is 13.1 Å². The number of ketones is 1. The van der Waals surface area contributed by atoms with Crippen LogP contribution >= 0.6 is 0 Å². The maximum Gasteiger partial charge on any atom is 0.356 e. The van der Waals surface area contributed by atoms with Gasteiger partial charge in [-0.2, -0.15) is 0 Å². The fourth-order valence-electron chi connectivity index (χ4n) is 2.04. The smallest absolute Gasteiger partial charge is 0.356 e. The van der Waals surface area contributed by atoms with Crippen LogP contribution in [-0.4, -0.2) is 23.8 Å². The highest BCUT2D eigenvalue weighted by Crippen LogP contribution is 2.13. The number of allylic oxidation sites excluding steroid dienone is 1. The molecule has 0 aromatic heterocycles. The lowest BCUT2D eigenvalue weighted by Crippen LogP contribution is -2.30. The summed E-state index contributed by atoms with van der Waals surface area (Å²) in [4.78, 5) is 22.9. The molecular formula is C14H17N3O3. The third kappa shape index (κ3) is 3.14. The summed E-state index contributed by atoms with van der Waals surface area (Å²) in [6, 6.07) is 6.75. The number of rotatable bonds is 3. The monoisotopic (exact) mass is 275 g/mol. The van der Waals surface area contributed by atoms with Gasteiger partial charge in [-0.1, -0.05) is 29.8 Å². The van der Waals surface area contributed by atoms with Crippen LogP contribution in [-0.2, 0) is 0 Å². The molecule has 1 aromatic rings. The summed E-state index contributed by atoms with van der Waals surface area (Å²) in [6.07, 6.45) is 1.83. The second-order valence-corrected chi connectivity index (χ2v) is 4.74. The molecule has 1 heterocycles. The third-order valence-electron chi connectivity index (χ3n) is 3.16. The molecule has 0 atom stereocenters. The highest BCUT2D eigenvalue weighted by molar-refractivity contribution is 6.07. The summed E-state index contributed by atoms with van der Waals surface area (Å²) >= 11 is 0. The first-order valence-corrected chi connectivity index (χ1v) is 6.57. The molecule has 1 fully saturated rings. The quantitative estimate of drug-likeness (QED) is 0.379. The molecule has 0 radical (unpaired) electrons. The van der Waals surface area contributed by atoms with Gasteiger partial charge in [0.2, 0.25) is 0 Å². The molecule has 0 aliphatic carbocycles. The number of nitro groups is 1. The fraction of sp³-hybridized carbons (Fsp3) is 0.357. The molecule has 2 N–H and O–H groups in total. The molecule has 1 aromatic carbocycles. The largest absolute Gasteiger partial charge is 0.366 e. The second kappa shape index (κ2) is 6.18. The third-order valence-corrected chi connectivity index (χ3v) is 3.16. The fourth-order valence-corrected chi connectivity index (χ4v) is 2.04. The highest BCUT2D eigenvalue weighted by atomic mass is 16.6. The van der Waals surface area contributed by atoms with Crippen LogP contribution in [0.1, 0.15) is 28.8 Å². The average molecular weight is 275 g/mol. The number of nitrogens with zero attached hydrogens (tertiary/aromatic N) is 1. The Balaban J connectivity index is 2.37. The summed E-state index contributed by atoms with van der Waals surface area (Å²) < 4.78 is 0. The van der Waals surface area contributed by atoms with E-state index in [9.17, 15) is 14.9 Å². The highest BCUT2D eigenvalue weighted by Gasteiger charge is 2.29. The van der Waals surface area contributed by atoms with Gasteiger partial charge in [-0.25, -0.2) is 0 Å². The van der Waals surface area contributed by atoms with E-state index in [0.29, 0.717) is 18.7 Å². The lowest BCUT2D eigenvalue weighted by Gasteiger charge is -2.09. The first-order valence-electron chi connectivity index (χ1n) is 6.57. The molecule has 0 saturated carbocycles. The van der Waals surface area contributed by atoms with E-state index in [-0.39, 0.29) is 5.82 Å². The van der Waals surface area contributed by atoms with Crippen LogP contribution in [0.4, 0.5) is 0 Å². The van der Waals surface area contributed by atoms with Crippen molar-refractivity contribution in [1.82, 2.24) is 10.6 Å². The molecular weight excluding hydrogens is 258 g/mol. The van der Waals surface area contributed by atoms with Crippen molar-refractivity contribution in [1.29, 1.82) is 0 Å².